The summed E-state index contributed by atoms with van der Waals surface area (Å²) >= 11 is 0. The fourth-order valence-electron chi connectivity index (χ4n) is 2.63. The van der Waals surface area contributed by atoms with Crippen LogP contribution >= 0.6 is 0 Å². The van der Waals surface area contributed by atoms with E-state index in [0.29, 0.717) is 18.6 Å². The Bertz CT molecular complexity index is 357. The summed E-state index contributed by atoms with van der Waals surface area (Å²) in [7, 11) is 0. The van der Waals surface area contributed by atoms with Gasteiger partial charge in [0.15, 0.2) is 0 Å². The number of unbranched alkanes of at least 4 members (excludes halogenated alkanes) is 2. The minimum Gasteiger partial charge on any atom is -0.340 e. The second-order valence-corrected chi connectivity index (χ2v) is 6.14. The van der Waals surface area contributed by atoms with Crippen molar-refractivity contribution < 1.29 is 4.79 Å². The van der Waals surface area contributed by atoms with Crippen LogP contribution in [0, 0.1) is 5.41 Å². The van der Waals surface area contributed by atoms with Gasteiger partial charge < -0.3 is 10.3 Å². The fraction of sp³-hybridized carbons (Fsp3) is 0.765. The summed E-state index contributed by atoms with van der Waals surface area (Å²) < 4.78 is 0. The van der Waals surface area contributed by atoms with Gasteiger partial charge in [-0.1, -0.05) is 31.9 Å². The monoisotopic (exact) mass is 293 g/mol. The zero-order valence-corrected chi connectivity index (χ0v) is 13.8. The Morgan fingerprint density at radius 2 is 1.76 bits per heavy atom. The largest absolute Gasteiger partial charge is 0.340 e. The third-order valence-electron chi connectivity index (χ3n) is 4.02. The number of carbonyl (C=O) groups excluding carboxylic acids is 1. The Morgan fingerprint density at radius 1 is 1.10 bits per heavy atom. The Hall–Kier alpha value is -1.16. The second kappa shape index (κ2) is 9.72. The number of rotatable bonds is 9. The van der Waals surface area contributed by atoms with E-state index in [2.05, 4.69) is 18.4 Å². The average Bonchev–Trinajstić information content (AvgIpc) is 2.45. The summed E-state index contributed by atoms with van der Waals surface area (Å²) in [6.07, 6.45) is 5.99. The topological polar surface area (TPSA) is 47.4 Å². The van der Waals surface area contributed by atoms with Crippen LogP contribution in [0.1, 0.15) is 52.4 Å². The maximum absolute atomic E-state index is 12.0. The standard InChI is InChI=1S/C17H31N3O/c1-4-5-6-7-15(2)14-19-10-12-20(13-11-19)17(21)9-8-16(3)18/h18H,2,4-14H2,1,3H3. The van der Waals surface area contributed by atoms with Gasteiger partial charge in [-0.3, -0.25) is 9.69 Å². The van der Waals surface area contributed by atoms with E-state index in [1.165, 1.54) is 24.8 Å². The molecule has 4 nitrogen and oxygen atoms in total. The van der Waals surface area contributed by atoms with Crippen molar-refractivity contribution in [1.82, 2.24) is 9.80 Å². The lowest BCUT2D eigenvalue weighted by atomic mass is 10.1. The fourth-order valence-corrected chi connectivity index (χ4v) is 2.63. The molecule has 1 saturated heterocycles. The van der Waals surface area contributed by atoms with Crippen molar-refractivity contribution in [3.8, 4) is 0 Å². The van der Waals surface area contributed by atoms with Crippen molar-refractivity contribution in [3.05, 3.63) is 12.2 Å². The van der Waals surface area contributed by atoms with Crippen molar-refractivity contribution in [2.75, 3.05) is 32.7 Å². The molecule has 1 heterocycles. The molecule has 21 heavy (non-hydrogen) atoms. The van der Waals surface area contributed by atoms with Gasteiger partial charge in [-0.15, -0.1) is 0 Å². The van der Waals surface area contributed by atoms with E-state index in [-0.39, 0.29) is 5.91 Å². The molecular formula is C17H31N3O. The van der Waals surface area contributed by atoms with Crippen LogP contribution in [-0.4, -0.2) is 54.1 Å². The highest BCUT2D eigenvalue weighted by Gasteiger charge is 2.20. The molecule has 1 amide bonds. The molecule has 0 unspecified atom stereocenters. The maximum atomic E-state index is 12.0. The average molecular weight is 293 g/mol. The molecule has 1 aliphatic heterocycles. The molecule has 4 heteroatoms. The van der Waals surface area contributed by atoms with Gasteiger partial charge in [0.1, 0.15) is 0 Å². The molecule has 0 bridgehead atoms. The zero-order chi connectivity index (χ0) is 15.7. The van der Waals surface area contributed by atoms with Gasteiger partial charge in [0, 0.05) is 44.9 Å². The molecule has 0 saturated carbocycles. The summed E-state index contributed by atoms with van der Waals surface area (Å²) in [6, 6.07) is 0. The predicted molar refractivity (Wildman–Crippen MR) is 88.9 cm³/mol. The molecule has 0 atom stereocenters. The molecule has 0 aromatic rings. The van der Waals surface area contributed by atoms with Crippen molar-refractivity contribution in [2.45, 2.75) is 52.4 Å². The third-order valence-corrected chi connectivity index (χ3v) is 4.02. The maximum Gasteiger partial charge on any atom is 0.223 e. The van der Waals surface area contributed by atoms with Gasteiger partial charge in [0.25, 0.3) is 0 Å². The molecule has 0 aromatic heterocycles. The highest BCUT2D eigenvalue weighted by Crippen LogP contribution is 2.11. The molecule has 1 N–H and O–H groups in total. The molecule has 0 spiro atoms. The van der Waals surface area contributed by atoms with Gasteiger partial charge in [0.2, 0.25) is 5.91 Å². The summed E-state index contributed by atoms with van der Waals surface area (Å²) in [6.45, 7) is 12.7. The summed E-state index contributed by atoms with van der Waals surface area (Å²) in [5.74, 6) is 0.197. The molecule has 0 radical (unpaired) electrons. The van der Waals surface area contributed by atoms with Gasteiger partial charge in [-0.2, -0.15) is 0 Å². The Morgan fingerprint density at radius 3 is 2.33 bits per heavy atom. The Kier molecular flexibility index (Phi) is 8.28. The lowest BCUT2D eigenvalue weighted by Gasteiger charge is -2.35. The first-order chi connectivity index (χ1) is 10.0. The van der Waals surface area contributed by atoms with Crippen molar-refractivity contribution in [2.24, 2.45) is 0 Å². The summed E-state index contributed by atoms with van der Waals surface area (Å²) in [5.41, 5.74) is 1.91. The van der Waals surface area contributed by atoms with Crippen LogP contribution in [0.2, 0.25) is 0 Å². The highest BCUT2D eigenvalue weighted by atomic mass is 16.2. The van der Waals surface area contributed by atoms with Crippen molar-refractivity contribution in [1.29, 1.82) is 5.41 Å². The van der Waals surface area contributed by atoms with E-state index in [0.717, 1.165) is 39.1 Å². The lowest BCUT2D eigenvalue weighted by Crippen LogP contribution is -2.49. The Labute approximate surface area is 129 Å². The quantitative estimate of drug-likeness (QED) is 0.403. The normalized spacial score (nSPS) is 16.0. The predicted octanol–water partition coefficient (Wildman–Crippen LogP) is 3.09. The molecule has 0 aliphatic carbocycles. The summed E-state index contributed by atoms with van der Waals surface area (Å²) in [4.78, 5) is 16.3. The number of carbonyl (C=O) groups is 1. The minimum atomic E-state index is 0.197. The molecule has 1 fully saturated rings. The summed E-state index contributed by atoms with van der Waals surface area (Å²) in [5, 5.41) is 7.39. The Balaban J connectivity index is 2.21. The van der Waals surface area contributed by atoms with Crippen molar-refractivity contribution >= 4 is 11.6 Å². The number of amides is 1. The first kappa shape index (κ1) is 17.9. The van der Waals surface area contributed by atoms with Crippen LogP contribution in [0.25, 0.3) is 0 Å². The van der Waals surface area contributed by atoms with Crippen LogP contribution in [0.4, 0.5) is 0 Å². The molecule has 0 aromatic carbocycles. The van der Waals surface area contributed by atoms with Crippen LogP contribution in [-0.2, 0) is 4.79 Å². The number of nitrogens with one attached hydrogen (secondary N) is 1. The lowest BCUT2D eigenvalue weighted by molar-refractivity contribution is -0.132. The van der Waals surface area contributed by atoms with Crippen LogP contribution in [0.3, 0.4) is 0 Å². The van der Waals surface area contributed by atoms with E-state index in [4.69, 9.17) is 5.41 Å². The smallest absolute Gasteiger partial charge is 0.223 e. The van der Waals surface area contributed by atoms with E-state index in [1.807, 2.05) is 4.90 Å². The van der Waals surface area contributed by atoms with Gasteiger partial charge >= 0.3 is 0 Å². The third kappa shape index (κ3) is 7.42. The molecular weight excluding hydrogens is 262 g/mol. The second-order valence-electron chi connectivity index (χ2n) is 6.14. The number of hydrogen-bond donors (Lipinski definition) is 1. The van der Waals surface area contributed by atoms with Gasteiger partial charge in [0.05, 0.1) is 0 Å². The van der Waals surface area contributed by atoms with Crippen molar-refractivity contribution in [3.63, 3.8) is 0 Å². The van der Waals surface area contributed by atoms with E-state index < -0.39 is 0 Å². The number of piperazine rings is 1. The van der Waals surface area contributed by atoms with Crippen LogP contribution < -0.4 is 0 Å². The van der Waals surface area contributed by atoms with E-state index >= 15 is 0 Å². The highest BCUT2D eigenvalue weighted by molar-refractivity contribution is 5.85. The van der Waals surface area contributed by atoms with Gasteiger partial charge in [-0.05, 0) is 26.2 Å². The first-order valence-electron chi connectivity index (χ1n) is 8.23. The van der Waals surface area contributed by atoms with Crippen LogP contribution in [0.15, 0.2) is 12.2 Å². The molecule has 1 aliphatic rings. The molecule has 120 valence electrons. The van der Waals surface area contributed by atoms with Crippen LogP contribution in [0.5, 0.6) is 0 Å². The van der Waals surface area contributed by atoms with E-state index in [9.17, 15) is 4.79 Å². The minimum absolute atomic E-state index is 0.197. The molecule has 1 rings (SSSR count). The SMILES string of the molecule is C=C(CCCCC)CN1CCN(C(=O)CCC(C)=N)CC1. The van der Waals surface area contributed by atoms with Gasteiger partial charge in [-0.25, -0.2) is 0 Å². The first-order valence-corrected chi connectivity index (χ1v) is 8.23. The van der Waals surface area contributed by atoms with E-state index in [1.54, 1.807) is 6.92 Å². The number of nitrogens with zero attached hydrogens (tertiary/aromatic N) is 2. The zero-order valence-electron chi connectivity index (χ0n) is 13.8. The number of hydrogen-bond acceptors (Lipinski definition) is 3.